The summed E-state index contributed by atoms with van der Waals surface area (Å²) in [5, 5.41) is 11.3. The molecule has 7 heteroatoms. The third-order valence-electron chi connectivity index (χ3n) is 4.10. The number of benzene rings is 1. The predicted molar refractivity (Wildman–Crippen MR) is 99.1 cm³/mol. The molecule has 0 amide bonds. The van der Waals surface area contributed by atoms with Crippen LogP contribution in [-0.4, -0.2) is 31.7 Å². The van der Waals surface area contributed by atoms with Crippen LogP contribution in [0.1, 0.15) is 11.3 Å². The molecule has 4 rings (SSSR count). The minimum atomic E-state index is 0.465. The molecule has 0 atom stereocenters. The first-order chi connectivity index (χ1) is 12.7. The van der Waals surface area contributed by atoms with Gasteiger partial charge in [0.25, 0.3) is 0 Å². The molecule has 0 radical (unpaired) electrons. The summed E-state index contributed by atoms with van der Waals surface area (Å²) in [7, 11) is 1.64. The van der Waals surface area contributed by atoms with Crippen molar-refractivity contribution in [1.29, 1.82) is 0 Å². The van der Waals surface area contributed by atoms with E-state index in [9.17, 15) is 0 Å². The fourth-order valence-electron chi connectivity index (χ4n) is 2.74. The number of fused-ring (bicyclic) bond motifs is 1. The topological polar surface area (TPSA) is 77.2 Å². The number of pyridine rings is 1. The predicted octanol–water partition coefficient (Wildman–Crippen LogP) is 3.12. The summed E-state index contributed by atoms with van der Waals surface area (Å²) in [5.41, 5.74) is 4.70. The number of aryl methyl sites for hydroxylation is 1. The minimum Gasteiger partial charge on any atom is -0.497 e. The Morgan fingerprint density at radius 3 is 2.73 bits per heavy atom. The Kier molecular flexibility index (Phi) is 4.18. The molecule has 0 bridgehead atoms. The van der Waals surface area contributed by atoms with Crippen molar-refractivity contribution in [3.8, 4) is 17.0 Å². The fraction of sp³-hybridized carbons (Fsp3) is 0.158. The van der Waals surface area contributed by atoms with Gasteiger partial charge < -0.3 is 14.5 Å². The van der Waals surface area contributed by atoms with E-state index in [0.717, 1.165) is 33.9 Å². The van der Waals surface area contributed by atoms with Gasteiger partial charge in [0.05, 0.1) is 31.2 Å². The van der Waals surface area contributed by atoms with E-state index in [1.54, 1.807) is 13.3 Å². The number of aromatic nitrogens is 5. The van der Waals surface area contributed by atoms with E-state index in [2.05, 4.69) is 25.5 Å². The zero-order valence-electron chi connectivity index (χ0n) is 14.5. The van der Waals surface area contributed by atoms with Gasteiger partial charge in [0.2, 0.25) is 5.95 Å². The third kappa shape index (κ3) is 3.19. The summed E-state index contributed by atoms with van der Waals surface area (Å²) in [4.78, 5) is 9.16. The summed E-state index contributed by atoms with van der Waals surface area (Å²) in [6.07, 6.45) is 5.62. The van der Waals surface area contributed by atoms with Gasteiger partial charge in [-0.25, -0.2) is 9.97 Å². The van der Waals surface area contributed by atoms with Crippen LogP contribution in [-0.2, 0) is 6.54 Å². The SMILES string of the molecule is COc1ccc(-c2cnnc(NCc3cn4cccc(C)c4n3)n2)cc1. The molecular formula is C19H18N6O. The molecule has 0 aliphatic rings. The number of hydrogen-bond acceptors (Lipinski definition) is 6. The molecule has 4 aromatic rings. The van der Waals surface area contributed by atoms with Crippen molar-refractivity contribution in [3.05, 3.63) is 66.2 Å². The molecule has 7 nitrogen and oxygen atoms in total. The van der Waals surface area contributed by atoms with Gasteiger partial charge in [-0.1, -0.05) is 6.07 Å². The van der Waals surface area contributed by atoms with Crippen molar-refractivity contribution in [2.45, 2.75) is 13.5 Å². The number of anilines is 1. The highest BCUT2D eigenvalue weighted by Gasteiger charge is 2.07. The van der Waals surface area contributed by atoms with Crippen molar-refractivity contribution < 1.29 is 4.74 Å². The van der Waals surface area contributed by atoms with Crippen LogP contribution in [0.5, 0.6) is 5.75 Å². The van der Waals surface area contributed by atoms with Gasteiger partial charge in [-0.2, -0.15) is 5.10 Å². The number of rotatable bonds is 5. The number of methoxy groups -OCH3 is 1. The molecule has 0 spiro atoms. The highest BCUT2D eigenvalue weighted by Crippen LogP contribution is 2.20. The Morgan fingerprint density at radius 2 is 1.96 bits per heavy atom. The second-order valence-electron chi connectivity index (χ2n) is 5.90. The van der Waals surface area contributed by atoms with Gasteiger partial charge in [-0.05, 0) is 42.8 Å². The standard InChI is InChI=1S/C19H18N6O/c1-13-4-3-9-25-12-15(22-18(13)25)10-20-19-23-17(11-21-24-19)14-5-7-16(26-2)8-6-14/h3-9,11-12H,10H2,1-2H3,(H,20,23,24). The molecule has 1 aromatic carbocycles. The lowest BCUT2D eigenvalue weighted by molar-refractivity contribution is 0.415. The number of ether oxygens (including phenoxy) is 1. The molecule has 0 unspecified atom stereocenters. The Hall–Kier alpha value is -3.48. The summed E-state index contributed by atoms with van der Waals surface area (Å²) < 4.78 is 7.19. The molecule has 130 valence electrons. The minimum absolute atomic E-state index is 0.465. The van der Waals surface area contributed by atoms with Crippen LogP contribution in [0.3, 0.4) is 0 Å². The van der Waals surface area contributed by atoms with E-state index >= 15 is 0 Å². The lowest BCUT2D eigenvalue weighted by Crippen LogP contribution is -2.05. The monoisotopic (exact) mass is 346 g/mol. The molecule has 0 saturated heterocycles. The molecule has 3 aromatic heterocycles. The highest BCUT2D eigenvalue weighted by molar-refractivity contribution is 5.60. The number of hydrogen-bond donors (Lipinski definition) is 1. The fourth-order valence-corrected chi connectivity index (χ4v) is 2.74. The highest BCUT2D eigenvalue weighted by atomic mass is 16.5. The Labute approximate surface area is 150 Å². The van der Waals surface area contributed by atoms with Crippen LogP contribution in [0.2, 0.25) is 0 Å². The summed E-state index contributed by atoms with van der Waals surface area (Å²) in [6, 6.07) is 11.7. The third-order valence-corrected chi connectivity index (χ3v) is 4.10. The smallest absolute Gasteiger partial charge is 0.243 e. The molecular weight excluding hydrogens is 328 g/mol. The lowest BCUT2D eigenvalue weighted by Gasteiger charge is -2.05. The molecule has 0 aliphatic carbocycles. The number of imidazole rings is 1. The first-order valence-electron chi connectivity index (χ1n) is 8.24. The van der Waals surface area contributed by atoms with Crippen molar-refractivity contribution >= 4 is 11.6 Å². The Balaban J connectivity index is 1.51. The van der Waals surface area contributed by atoms with Gasteiger partial charge in [0.1, 0.15) is 11.4 Å². The maximum absolute atomic E-state index is 5.18. The maximum Gasteiger partial charge on any atom is 0.243 e. The van der Waals surface area contributed by atoms with Crippen molar-refractivity contribution in [1.82, 2.24) is 24.6 Å². The number of nitrogens with one attached hydrogen (secondary N) is 1. The van der Waals surface area contributed by atoms with E-state index in [4.69, 9.17) is 4.74 Å². The molecule has 1 N–H and O–H groups in total. The molecule has 0 aliphatic heterocycles. The van der Waals surface area contributed by atoms with E-state index in [-0.39, 0.29) is 0 Å². The van der Waals surface area contributed by atoms with Crippen LogP contribution in [0.25, 0.3) is 16.9 Å². The van der Waals surface area contributed by atoms with E-state index in [1.165, 1.54) is 0 Å². The molecule has 0 saturated carbocycles. The van der Waals surface area contributed by atoms with Gasteiger partial charge in [-0.15, -0.1) is 5.10 Å². The average molecular weight is 346 g/mol. The summed E-state index contributed by atoms with van der Waals surface area (Å²) >= 11 is 0. The van der Waals surface area contributed by atoms with Crippen LogP contribution in [0, 0.1) is 6.92 Å². The van der Waals surface area contributed by atoms with Crippen molar-refractivity contribution in [2.24, 2.45) is 0 Å². The lowest BCUT2D eigenvalue weighted by atomic mass is 10.1. The van der Waals surface area contributed by atoms with Crippen molar-refractivity contribution in [3.63, 3.8) is 0 Å². The van der Waals surface area contributed by atoms with Gasteiger partial charge in [0, 0.05) is 18.0 Å². The van der Waals surface area contributed by atoms with Crippen LogP contribution < -0.4 is 10.1 Å². The Morgan fingerprint density at radius 1 is 1.12 bits per heavy atom. The zero-order valence-corrected chi connectivity index (χ0v) is 14.5. The summed E-state index contributed by atoms with van der Waals surface area (Å²) in [6.45, 7) is 2.57. The largest absolute Gasteiger partial charge is 0.497 e. The quantitative estimate of drug-likeness (QED) is 0.598. The first-order valence-corrected chi connectivity index (χ1v) is 8.24. The maximum atomic E-state index is 5.18. The zero-order chi connectivity index (χ0) is 17.9. The second-order valence-corrected chi connectivity index (χ2v) is 5.90. The normalized spacial score (nSPS) is 10.8. The summed E-state index contributed by atoms with van der Waals surface area (Å²) in [5.74, 6) is 1.27. The van der Waals surface area contributed by atoms with Crippen LogP contribution in [0.15, 0.2) is 55.0 Å². The van der Waals surface area contributed by atoms with E-state index in [0.29, 0.717) is 12.5 Å². The van der Waals surface area contributed by atoms with Crippen molar-refractivity contribution in [2.75, 3.05) is 12.4 Å². The van der Waals surface area contributed by atoms with Gasteiger partial charge in [0.15, 0.2) is 0 Å². The molecule has 26 heavy (non-hydrogen) atoms. The number of nitrogens with zero attached hydrogens (tertiary/aromatic N) is 5. The van der Waals surface area contributed by atoms with Gasteiger partial charge >= 0.3 is 0 Å². The average Bonchev–Trinajstić information content (AvgIpc) is 3.11. The van der Waals surface area contributed by atoms with Gasteiger partial charge in [-0.3, -0.25) is 0 Å². The molecule has 3 heterocycles. The molecule has 0 fully saturated rings. The Bertz CT molecular complexity index is 1040. The van der Waals surface area contributed by atoms with E-state index in [1.807, 2.05) is 60.1 Å². The second kappa shape index (κ2) is 6.79. The van der Waals surface area contributed by atoms with E-state index < -0.39 is 0 Å². The van der Waals surface area contributed by atoms with Crippen LogP contribution in [0.4, 0.5) is 5.95 Å². The van der Waals surface area contributed by atoms with Crippen LogP contribution >= 0.6 is 0 Å². The first kappa shape index (κ1) is 16.0.